The summed E-state index contributed by atoms with van der Waals surface area (Å²) in [6.07, 6.45) is 0. The van der Waals surface area contributed by atoms with E-state index in [1.165, 1.54) is 10.4 Å². The molecule has 0 atom stereocenters. The molecular formula is C17H18N4O2S. The second kappa shape index (κ2) is 6.94. The molecule has 0 bridgehead atoms. The molecule has 3 rings (SSSR count). The van der Waals surface area contributed by atoms with E-state index in [-0.39, 0.29) is 23.9 Å². The van der Waals surface area contributed by atoms with E-state index < -0.39 is 0 Å². The molecule has 3 aromatic rings. The smallest absolute Gasteiger partial charge is 0.274 e. The summed E-state index contributed by atoms with van der Waals surface area (Å²) in [6, 6.07) is 9.69. The molecule has 1 aromatic carbocycles. The van der Waals surface area contributed by atoms with E-state index in [1.807, 2.05) is 49.6 Å². The number of rotatable bonds is 5. The maximum atomic E-state index is 12.4. The quantitative estimate of drug-likeness (QED) is 0.746. The molecule has 0 radical (unpaired) electrons. The number of carbonyl (C=O) groups excluding carboxylic acids is 1. The van der Waals surface area contributed by atoms with Crippen LogP contribution in [-0.4, -0.2) is 26.0 Å². The van der Waals surface area contributed by atoms with E-state index >= 15 is 0 Å². The zero-order valence-corrected chi connectivity index (χ0v) is 14.3. The van der Waals surface area contributed by atoms with Crippen LogP contribution < -0.4 is 5.32 Å². The highest BCUT2D eigenvalue weighted by Gasteiger charge is 2.18. The van der Waals surface area contributed by atoms with Crippen LogP contribution in [-0.2, 0) is 13.2 Å². The van der Waals surface area contributed by atoms with Gasteiger partial charge in [0.05, 0.1) is 18.8 Å². The number of amides is 1. The second-order valence-corrected chi connectivity index (χ2v) is 6.51. The number of hydrogen-bond acceptors (Lipinski definition) is 5. The Morgan fingerprint density at radius 2 is 2.08 bits per heavy atom. The van der Waals surface area contributed by atoms with Crippen LogP contribution in [0.15, 0.2) is 35.7 Å². The van der Waals surface area contributed by atoms with E-state index in [2.05, 4.69) is 15.5 Å². The van der Waals surface area contributed by atoms with Gasteiger partial charge in [-0.1, -0.05) is 12.1 Å². The summed E-state index contributed by atoms with van der Waals surface area (Å²) >= 11 is 1.57. The monoisotopic (exact) mass is 342 g/mol. The lowest BCUT2D eigenvalue weighted by Crippen LogP contribution is -2.24. The Morgan fingerprint density at radius 1 is 1.25 bits per heavy atom. The predicted octanol–water partition coefficient (Wildman–Crippen LogP) is 2.37. The first kappa shape index (κ1) is 16.4. The number of nitrogens with one attached hydrogen (secondary N) is 1. The maximum absolute atomic E-state index is 12.4. The van der Waals surface area contributed by atoms with Crippen molar-refractivity contribution < 1.29 is 9.90 Å². The van der Waals surface area contributed by atoms with Crippen molar-refractivity contribution >= 4 is 17.2 Å². The molecule has 0 saturated heterocycles. The van der Waals surface area contributed by atoms with Crippen LogP contribution in [0, 0.1) is 13.8 Å². The molecule has 0 aliphatic carbocycles. The summed E-state index contributed by atoms with van der Waals surface area (Å²) in [5.41, 5.74) is 3.44. The number of nitrogens with zero attached hydrogens (tertiary/aromatic N) is 3. The van der Waals surface area contributed by atoms with Crippen LogP contribution in [0.3, 0.4) is 0 Å². The fourth-order valence-electron chi connectivity index (χ4n) is 2.25. The molecule has 0 fully saturated rings. The van der Waals surface area contributed by atoms with Gasteiger partial charge in [-0.2, -0.15) is 4.80 Å². The van der Waals surface area contributed by atoms with Crippen molar-refractivity contribution in [1.82, 2.24) is 20.3 Å². The van der Waals surface area contributed by atoms with Gasteiger partial charge in [0.2, 0.25) is 0 Å². The molecule has 0 unspecified atom stereocenters. The zero-order chi connectivity index (χ0) is 17.1. The molecule has 2 N–H and O–H groups in total. The minimum absolute atomic E-state index is 0.146. The molecule has 1 amide bonds. The summed E-state index contributed by atoms with van der Waals surface area (Å²) in [7, 11) is 0. The maximum Gasteiger partial charge on any atom is 0.274 e. The van der Waals surface area contributed by atoms with Gasteiger partial charge in [0.1, 0.15) is 5.69 Å². The fourth-order valence-corrected chi connectivity index (χ4v) is 2.89. The van der Waals surface area contributed by atoms with Gasteiger partial charge in [-0.05, 0) is 48.6 Å². The highest BCUT2D eigenvalue weighted by molar-refractivity contribution is 7.09. The molecule has 124 valence electrons. The molecule has 24 heavy (non-hydrogen) atoms. The minimum atomic E-state index is -0.345. The largest absolute Gasteiger partial charge is 0.390 e. The highest BCUT2D eigenvalue weighted by Crippen LogP contribution is 2.14. The highest BCUT2D eigenvalue weighted by atomic mass is 32.1. The lowest BCUT2D eigenvalue weighted by molar-refractivity contribution is 0.0942. The van der Waals surface area contributed by atoms with Crippen molar-refractivity contribution in [2.24, 2.45) is 0 Å². The average Bonchev–Trinajstić information content (AvgIpc) is 3.24. The molecule has 0 aliphatic rings. The lowest BCUT2D eigenvalue weighted by Gasteiger charge is -2.03. The molecule has 7 heteroatoms. The van der Waals surface area contributed by atoms with Crippen molar-refractivity contribution in [3.63, 3.8) is 0 Å². The average molecular weight is 342 g/mol. The van der Waals surface area contributed by atoms with Gasteiger partial charge in [-0.3, -0.25) is 4.79 Å². The van der Waals surface area contributed by atoms with Gasteiger partial charge in [-0.15, -0.1) is 21.5 Å². The van der Waals surface area contributed by atoms with E-state index in [0.717, 1.165) is 16.1 Å². The topological polar surface area (TPSA) is 80.0 Å². The first-order valence-corrected chi connectivity index (χ1v) is 8.41. The Kier molecular flexibility index (Phi) is 4.73. The third-order valence-electron chi connectivity index (χ3n) is 3.77. The number of hydrogen-bond donors (Lipinski definition) is 2. The first-order valence-electron chi connectivity index (χ1n) is 7.54. The van der Waals surface area contributed by atoms with E-state index in [0.29, 0.717) is 6.54 Å². The minimum Gasteiger partial charge on any atom is -0.390 e. The second-order valence-electron chi connectivity index (χ2n) is 5.47. The van der Waals surface area contributed by atoms with Crippen LogP contribution >= 0.6 is 11.3 Å². The molecule has 0 spiro atoms. The van der Waals surface area contributed by atoms with Crippen molar-refractivity contribution in [2.45, 2.75) is 27.0 Å². The van der Waals surface area contributed by atoms with E-state index in [4.69, 9.17) is 0 Å². The Labute approximate surface area is 143 Å². The van der Waals surface area contributed by atoms with Crippen LogP contribution in [0.1, 0.15) is 32.2 Å². The van der Waals surface area contributed by atoms with Crippen LogP contribution in [0.2, 0.25) is 0 Å². The molecule has 0 aliphatic heterocycles. The van der Waals surface area contributed by atoms with Gasteiger partial charge in [0.25, 0.3) is 5.91 Å². The van der Waals surface area contributed by atoms with Crippen molar-refractivity contribution in [3.8, 4) is 5.69 Å². The van der Waals surface area contributed by atoms with E-state index in [1.54, 1.807) is 11.3 Å². The number of thiophene rings is 1. The van der Waals surface area contributed by atoms with Gasteiger partial charge < -0.3 is 10.4 Å². The zero-order valence-electron chi connectivity index (χ0n) is 13.5. The van der Waals surface area contributed by atoms with Crippen molar-refractivity contribution in [3.05, 3.63) is 63.1 Å². The molecule has 2 aromatic heterocycles. The number of aryl methyl sites for hydroxylation is 2. The van der Waals surface area contributed by atoms with Crippen molar-refractivity contribution in [2.75, 3.05) is 0 Å². The summed E-state index contributed by atoms with van der Waals surface area (Å²) < 4.78 is 0. The molecule has 0 saturated carbocycles. The number of carbonyl (C=O) groups is 1. The van der Waals surface area contributed by atoms with Gasteiger partial charge in [0.15, 0.2) is 5.69 Å². The third kappa shape index (κ3) is 3.37. The fraction of sp³-hybridized carbons (Fsp3) is 0.235. The van der Waals surface area contributed by atoms with Crippen LogP contribution in [0.25, 0.3) is 5.69 Å². The summed E-state index contributed by atoms with van der Waals surface area (Å²) in [5, 5.41) is 22.7. The number of aromatic nitrogens is 3. The molecule has 2 heterocycles. The Morgan fingerprint density at radius 3 is 2.75 bits per heavy atom. The Bertz CT molecular complexity index is 856. The summed E-state index contributed by atoms with van der Waals surface area (Å²) in [5.74, 6) is -0.345. The number of aliphatic hydroxyl groups excluding tert-OH is 1. The van der Waals surface area contributed by atoms with Gasteiger partial charge >= 0.3 is 0 Å². The normalized spacial score (nSPS) is 10.8. The summed E-state index contributed by atoms with van der Waals surface area (Å²) in [4.78, 5) is 14.8. The molecular weight excluding hydrogens is 324 g/mol. The first-order chi connectivity index (χ1) is 11.6. The predicted molar refractivity (Wildman–Crippen MR) is 92.2 cm³/mol. The molecule has 6 nitrogen and oxygen atoms in total. The number of benzene rings is 1. The summed E-state index contributed by atoms with van der Waals surface area (Å²) in [6.45, 7) is 4.12. The van der Waals surface area contributed by atoms with Crippen molar-refractivity contribution in [1.29, 1.82) is 0 Å². The standard InChI is InChI=1S/C17H18N4O2S/c1-11-5-6-13(8-12(11)2)21-19-15(10-22)16(20-21)17(23)18-9-14-4-3-7-24-14/h3-8,22H,9-10H2,1-2H3,(H,18,23). The lowest BCUT2D eigenvalue weighted by atomic mass is 10.1. The van der Waals surface area contributed by atoms with Crippen LogP contribution in [0.4, 0.5) is 0 Å². The van der Waals surface area contributed by atoms with Crippen LogP contribution in [0.5, 0.6) is 0 Å². The Hall–Kier alpha value is -2.51. The number of aliphatic hydroxyl groups is 1. The van der Waals surface area contributed by atoms with E-state index in [9.17, 15) is 9.90 Å². The van der Waals surface area contributed by atoms with Gasteiger partial charge in [-0.25, -0.2) is 0 Å². The SMILES string of the molecule is Cc1ccc(-n2nc(CO)c(C(=O)NCc3cccs3)n2)cc1C. The third-order valence-corrected chi connectivity index (χ3v) is 4.65. The van der Waals surface area contributed by atoms with Gasteiger partial charge in [0, 0.05) is 4.88 Å². The Balaban J connectivity index is 1.84.